The van der Waals surface area contributed by atoms with E-state index >= 15 is 0 Å². The van der Waals surface area contributed by atoms with Crippen LogP contribution < -0.4 is 0 Å². The third-order valence-electron chi connectivity index (χ3n) is 10.6. The molecule has 10 rings (SSSR count). The number of hydrogen-bond donors (Lipinski definition) is 0. The second-order valence-corrected chi connectivity index (χ2v) is 15.3. The second kappa shape index (κ2) is 14.5. The first-order valence-electron chi connectivity index (χ1n) is 19.1. The quantitative estimate of drug-likeness (QED) is 0.118. The van der Waals surface area contributed by atoms with Crippen LogP contribution in [0.1, 0.15) is 23.6 Å². The first-order valence-corrected chi connectivity index (χ1v) is 19.9. The second-order valence-electron chi connectivity index (χ2n) is 14.2. The van der Waals surface area contributed by atoms with Crippen molar-refractivity contribution in [3.8, 4) is 33.4 Å². The number of thiophene rings is 1. The van der Waals surface area contributed by atoms with Crippen molar-refractivity contribution >= 4 is 70.7 Å². The lowest BCUT2D eigenvalue weighted by Crippen LogP contribution is -2.05. The number of amidine groups is 1. The molecule has 0 radical (unpaired) electrons. The minimum absolute atomic E-state index is 0.568. The molecule has 8 aromatic carbocycles. The molecular formula is C53H36N2OS. The van der Waals surface area contributed by atoms with E-state index in [0.717, 1.165) is 77.7 Å². The highest BCUT2D eigenvalue weighted by atomic mass is 32.1. The van der Waals surface area contributed by atoms with Crippen LogP contribution in [0, 0.1) is 0 Å². The predicted molar refractivity (Wildman–Crippen MR) is 244 cm³/mol. The molecule has 0 aliphatic carbocycles. The summed E-state index contributed by atoms with van der Waals surface area (Å²) in [6, 6.07) is 65.7. The van der Waals surface area contributed by atoms with Gasteiger partial charge in [0.15, 0.2) is 5.84 Å². The Morgan fingerprint density at radius 1 is 0.491 bits per heavy atom. The van der Waals surface area contributed by atoms with Crippen LogP contribution in [0.5, 0.6) is 0 Å². The van der Waals surface area contributed by atoms with E-state index < -0.39 is 0 Å². The molecule has 0 saturated heterocycles. The zero-order valence-electron chi connectivity index (χ0n) is 31.3. The van der Waals surface area contributed by atoms with Crippen molar-refractivity contribution in [3.05, 3.63) is 211 Å². The Morgan fingerprint density at radius 3 is 1.95 bits per heavy atom. The monoisotopic (exact) mass is 748 g/mol. The molecular weight excluding hydrogens is 713 g/mol. The van der Waals surface area contributed by atoms with E-state index in [2.05, 4.69) is 152 Å². The predicted octanol–water partition coefficient (Wildman–Crippen LogP) is 14.9. The molecule has 0 bridgehead atoms. The molecule has 2 aromatic heterocycles. The Morgan fingerprint density at radius 2 is 1.14 bits per heavy atom. The molecule has 0 saturated carbocycles. The third kappa shape index (κ3) is 6.46. The summed E-state index contributed by atoms with van der Waals surface area (Å²) in [5.41, 5.74) is 12.5. The van der Waals surface area contributed by atoms with E-state index in [4.69, 9.17) is 14.4 Å². The Bertz CT molecular complexity index is 3190. The fourth-order valence-corrected chi connectivity index (χ4v) is 8.91. The number of hydrogen-bond acceptors (Lipinski definition) is 3. The Labute approximate surface area is 335 Å². The molecule has 0 spiro atoms. The van der Waals surface area contributed by atoms with Crippen LogP contribution >= 0.6 is 11.3 Å². The van der Waals surface area contributed by atoms with Gasteiger partial charge in [0, 0.05) is 53.3 Å². The summed E-state index contributed by atoms with van der Waals surface area (Å²) < 4.78 is 9.36. The topological polar surface area (TPSA) is 37.9 Å². The average molecular weight is 749 g/mol. The van der Waals surface area contributed by atoms with Gasteiger partial charge in [-0.1, -0.05) is 158 Å². The van der Waals surface area contributed by atoms with Gasteiger partial charge in [-0.3, -0.25) is 0 Å². The maximum Gasteiger partial charge on any atom is 0.160 e. The van der Waals surface area contributed by atoms with Crippen molar-refractivity contribution in [3.63, 3.8) is 0 Å². The van der Waals surface area contributed by atoms with Gasteiger partial charge in [0.05, 0.1) is 5.70 Å². The van der Waals surface area contributed by atoms with Gasteiger partial charge in [-0.15, -0.1) is 11.3 Å². The van der Waals surface area contributed by atoms with Crippen molar-refractivity contribution in [1.82, 2.24) is 0 Å². The molecule has 3 nitrogen and oxygen atoms in total. The molecule has 10 aromatic rings. The van der Waals surface area contributed by atoms with Crippen molar-refractivity contribution < 1.29 is 4.42 Å². The first kappa shape index (κ1) is 34.4. The summed E-state index contributed by atoms with van der Waals surface area (Å²) in [4.78, 5) is 10.6. The lowest BCUT2D eigenvalue weighted by Gasteiger charge is -2.11. The van der Waals surface area contributed by atoms with Gasteiger partial charge < -0.3 is 4.42 Å². The SMILES string of the molecule is C=C(N=C(N=C(C)c1ccccc1)c1cccc2oc3c(-c4ccccc4)cc(-c4ccccc4)cc3c12)c1cccc(-c2ccc3c(c2)sc2ccccc23)c1. The number of aliphatic imine (C=N–C) groups is 2. The molecule has 0 unspecified atom stereocenters. The molecule has 2 heterocycles. The molecule has 0 amide bonds. The number of benzene rings is 8. The van der Waals surface area contributed by atoms with Crippen LogP contribution in [0.3, 0.4) is 0 Å². The van der Waals surface area contributed by atoms with Crippen LogP contribution in [-0.2, 0) is 0 Å². The van der Waals surface area contributed by atoms with E-state index in [1.807, 2.05) is 60.7 Å². The van der Waals surface area contributed by atoms with Gasteiger partial charge in [0.2, 0.25) is 0 Å². The maximum absolute atomic E-state index is 6.79. The van der Waals surface area contributed by atoms with Gasteiger partial charge in [-0.05, 0) is 76.7 Å². The highest BCUT2D eigenvalue weighted by Crippen LogP contribution is 2.42. The minimum Gasteiger partial charge on any atom is -0.455 e. The van der Waals surface area contributed by atoms with Crippen molar-refractivity contribution in [1.29, 1.82) is 0 Å². The molecule has 0 N–H and O–H groups in total. The zero-order chi connectivity index (χ0) is 38.3. The molecule has 4 heteroatoms. The molecule has 270 valence electrons. The molecule has 0 aliphatic rings. The maximum atomic E-state index is 6.79. The van der Waals surface area contributed by atoms with Gasteiger partial charge >= 0.3 is 0 Å². The number of furan rings is 1. The van der Waals surface area contributed by atoms with E-state index in [1.54, 1.807) is 0 Å². The lowest BCUT2D eigenvalue weighted by atomic mass is 9.94. The molecule has 0 fully saturated rings. The first-order chi connectivity index (χ1) is 28.1. The summed E-state index contributed by atoms with van der Waals surface area (Å²) in [6.07, 6.45) is 0. The van der Waals surface area contributed by atoms with E-state index in [0.29, 0.717) is 11.5 Å². The van der Waals surface area contributed by atoms with Gasteiger partial charge in [0.25, 0.3) is 0 Å². The van der Waals surface area contributed by atoms with Crippen molar-refractivity contribution in [2.75, 3.05) is 0 Å². The highest BCUT2D eigenvalue weighted by Gasteiger charge is 2.20. The number of fused-ring (bicyclic) bond motifs is 6. The summed E-state index contributed by atoms with van der Waals surface area (Å²) in [5, 5.41) is 4.55. The van der Waals surface area contributed by atoms with Gasteiger partial charge in [-0.25, -0.2) is 9.98 Å². The third-order valence-corrected chi connectivity index (χ3v) is 11.8. The van der Waals surface area contributed by atoms with E-state index in [1.165, 1.54) is 20.2 Å². The largest absolute Gasteiger partial charge is 0.455 e. The van der Waals surface area contributed by atoms with Crippen LogP contribution in [0.15, 0.2) is 209 Å². The highest BCUT2D eigenvalue weighted by molar-refractivity contribution is 7.25. The lowest BCUT2D eigenvalue weighted by molar-refractivity contribution is 0.670. The summed E-state index contributed by atoms with van der Waals surface area (Å²) in [5.74, 6) is 0.568. The molecule has 0 aliphatic heterocycles. The number of rotatable bonds is 7. The van der Waals surface area contributed by atoms with Crippen molar-refractivity contribution in [2.24, 2.45) is 9.98 Å². The Hall–Kier alpha value is -7.14. The fourth-order valence-electron chi connectivity index (χ4n) is 7.77. The summed E-state index contributed by atoms with van der Waals surface area (Å²) in [6.45, 7) is 6.58. The number of nitrogens with zero attached hydrogens (tertiary/aromatic N) is 2. The fraction of sp³-hybridized carbons (Fsp3) is 0.0189. The van der Waals surface area contributed by atoms with Crippen LogP contribution in [0.25, 0.3) is 81.2 Å². The summed E-state index contributed by atoms with van der Waals surface area (Å²) in [7, 11) is 0. The van der Waals surface area contributed by atoms with Crippen LogP contribution in [-0.4, -0.2) is 11.5 Å². The average Bonchev–Trinajstić information content (AvgIpc) is 3.85. The van der Waals surface area contributed by atoms with Gasteiger partial charge in [-0.2, -0.15) is 0 Å². The Balaban J connectivity index is 1.14. The standard InChI is InChI=1S/C53H36N2OS/c1-34(36-16-6-3-7-17-36)54-53(55-35(2)39-22-14-23-40(30-39)41-28-29-44-43-24-12-13-27-49(43)57-50(44)33-41)45-25-15-26-48-51(45)47-32-42(37-18-8-4-9-19-37)31-46(52(47)56-48)38-20-10-5-11-21-38/h3-33H,2H2,1H3. The van der Waals surface area contributed by atoms with Gasteiger partial charge in [0.1, 0.15) is 11.2 Å². The Kier molecular flexibility index (Phi) is 8.74. The molecule has 57 heavy (non-hydrogen) atoms. The zero-order valence-corrected chi connectivity index (χ0v) is 32.1. The van der Waals surface area contributed by atoms with E-state index in [-0.39, 0.29) is 0 Å². The van der Waals surface area contributed by atoms with Crippen molar-refractivity contribution in [2.45, 2.75) is 6.92 Å². The normalized spacial score (nSPS) is 12.2. The smallest absolute Gasteiger partial charge is 0.160 e. The molecule has 0 atom stereocenters. The van der Waals surface area contributed by atoms with E-state index in [9.17, 15) is 0 Å². The van der Waals surface area contributed by atoms with Crippen LogP contribution in [0.2, 0.25) is 0 Å². The van der Waals surface area contributed by atoms with Crippen LogP contribution in [0.4, 0.5) is 0 Å². The minimum atomic E-state index is 0.568. The summed E-state index contributed by atoms with van der Waals surface area (Å²) >= 11 is 1.83.